The van der Waals surface area contributed by atoms with Gasteiger partial charge in [0.25, 0.3) is 5.91 Å². The van der Waals surface area contributed by atoms with Gasteiger partial charge in [-0.05, 0) is 25.0 Å². The third-order valence-electron chi connectivity index (χ3n) is 3.99. The maximum Gasteiger partial charge on any atom is 0.311 e. The minimum Gasteiger partial charge on any atom is -0.481 e. The van der Waals surface area contributed by atoms with E-state index in [0.717, 1.165) is 5.69 Å². The number of carboxylic acid groups (broad SMARTS) is 1. The number of carboxylic acids is 1. The molecule has 102 valence electrons. The topological polar surface area (TPSA) is 83.6 Å². The number of primary amides is 1. The second-order valence-electron chi connectivity index (χ2n) is 4.99. The predicted molar refractivity (Wildman–Crippen MR) is 72.1 cm³/mol. The number of para-hydroxylation sites is 1. The molecule has 5 nitrogen and oxygen atoms in total. The smallest absolute Gasteiger partial charge is 0.311 e. The number of benzene rings is 1. The summed E-state index contributed by atoms with van der Waals surface area (Å²) >= 11 is 0. The summed E-state index contributed by atoms with van der Waals surface area (Å²) in [5.74, 6) is -1.26. The van der Waals surface area contributed by atoms with Gasteiger partial charge in [0.05, 0.1) is 11.0 Å². The van der Waals surface area contributed by atoms with Crippen LogP contribution in [-0.4, -0.2) is 30.1 Å². The lowest BCUT2D eigenvalue weighted by Crippen LogP contribution is -2.34. The Labute approximate surface area is 112 Å². The predicted octanol–water partition coefficient (Wildman–Crippen LogP) is 1.48. The van der Waals surface area contributed by atoms with Crippen LogP contribution in [0.2, 0.25) is 0 Å². The Morgan fingerprint density at radius 1 is 1.42 bits per heavy atom. The van der Waals surface area contributed by atoms with Gasteiger partial charge in [0.15, 0.2) is 0 Å². The molecule has 0 spiro atoms. The van der Waals surface area contributed by atoms with Gasteiger partial charge in [-0.15, -0.1) is 0 Å². The summed E-state index contributed by atoms with van der Waals surface area (Å²) in [6, 6.07) is 7.07. The zero-order valence-corrected chi connectivity index (χ0v) is 10.9. The molecule has 0 bridgehead atoms. The monoisotopic (exact) mass is 262 g/mol. The minimum absolute atomic E-state index is 0.420. The summed E-state index contributed by atoms with van der Waals surface area (Å²) in [6.45, 7) is 2.94. The number of hydrogen-bond donors (Lipinski definition) is 2. The van der Waals surface area contributed by atoms with Crippen LogP contribution in [-0.2, 0) is 4.79 Å². The minimum atomic E-state index is -0.769. The highest BCUT2D eigenvalue weighted by Crippen LogP contribution is 2.37. The number of hydrogen-bond acceptors (Lipinski definition) is 3. The van der Waals surface area contributed by atoms with Crippen LogP contribution in [0.15, 0.2) is 24.3 Å². The number of nitrogens with two attached hydrogens (primary N) is 1. The van der Waals surface area contributed by atoms with Crippen molar-refractivity contribution in [1.29, 1.82) is 0 Å². The van der Waals surface area contributed by atoms with Crippen molar-refractivity contribution in [2.24, 2.45) is 11.1 Å². The van der Waals surface area contributed by atoms with E-state index in [9.17, 15) is 14.7 Å². The lowest BCUT2D eigenvalue weighted by atomic mass is 9.84. The Balaban J connectivity index is 2.31. The molecule has 0 aromatic heterocycles. The van der Waals surface area contributed by atoms with Crippen LogP contribution < -0.4 is 10.6 Å². The molecule has 0 radical (unpaired) electrons. The van der Waals surface area contributed by atoms with E-state index >= 15 is 0 Å². The fourth-order valence-electron chi connectivity index (χ4n) is 2.65. The maximum atomic E-state index is 11.4. The lowest BCUT2D eigenvalue weighted by molar-refractivity contribution is -0.147. The normalized spacial score (nSPS) is 22.5. The second-order valence-corrected chi connectivity index (χ2v) is 4.99. The van der Waals surface area contributed by atoms with Crippen molar-refractivity contribution in [3.05, 3.63) is 29.8 Å². The van der Waals surface area contributed by atoms with Gasteiger partial charge in [-0.1, -0.05) is 19.1 Å². The molecule has 1 fully saturated rings. The summed E-state index contributed by atoms with van der Waals surface area (Å²) in [4.78, 5) is 24.8. The van der Waals surface area contributed by atoms with Crippen molar-refractivity contribution in [2.45, 2.75) is 19.8 Å². The third kappa shape index (κ3) is 2.28. The van der Waals surface area contributed by atoms with Crippen LogP contribution in [0.4, 0.5) is 5.69 Å². The van der Waals surface area contributed by atoms with Crippen molar-refractivity contribution in [1.82, 2.24) is 0 Å². The Hall–Kier alpha value is -2.04. The highest BCUT2D eigenvalue weighted by Gasteiger charge is 2.43. The number of amides is 1. The standard InChI is InChI=1S/C14H18N2O3/c1-2-14(13(18)19)7-8-16(9-14)11-6-4-3-5-10(11)12(15)17/h3-6H,2,7-9H2,1H3,(H2,15,17)(H,18,19). The molecule has 1 aliphatic rings. The fraction of sp³-hybridized carbons (Fsp3) is 0.429. The molecule has 5 heteroatoms. The summed E-state index contributed by atoms with van der Waals surface area (Å²) in [5, 5.41) is 9.39. The van der Waals surface area contributed by atoms with Crippen LogP contribution in [0.1, 0.15) is 30.1 Å². The van der Waals surface area contributed by atoms with Crippen molar-refractivity contribution in [2.75, 3.05) is 18.0 Å². The summed E-state index contributed by atoms with van der Waals surface area (Å²) in [5.41, 5.74) is 5.82. The Kier molecular flexibility index (Phi) is 3.46. The zero-order chi connectivity index (χ0) is 14.0. The van der Waals surface area contributed by atoms with Gasteiger partial charge in [0.2, 0.25) is 0 Å². The van der Waals surface area contributed by atoms with Gasteiger partial charge >= 0.3 is 5.97 Å². The van der Waals surface area contributed by atoms with Crippen LogP contribution in [0.25, 0.3) is 0 Å². The Morgan fingerprint density at radius 2 is 2.11 bits per heavy atom. The Morgan fingerprint density at radius 3 is 2.63 bits per heavy atom. The van der Waals surface area contributed by atoms with Crippen LogP contribution >= 0.6 is 0 Å². The SMILES string of the molecule is CCC1(C(=O)O)CCN(c2ccccc2C(N)=O)C1. The van der Waals surface area contributed by atoms with Crippen LogP contribution in [0, 0.1) is 5.41 Å². The number of rotatable bonds is 4. The van der Waals surface area contributed by atoms with Gasteiger partial charge in [-0.3, -0.25) is 9.59 Å². The number of nitrogens with zero attached hydrogens (tertiary/aromatic N) is 1. The number of carbonyl (C=O) groups excluding carboxylic acids is 1. The van der Waals surface area contributed by atoms with Crippen molar-refractivity contribution in [3.63, 3.8) is 0 Å². The summed E-state index contributed by atoms with van der Waals surface area (Å²) < 4.78 is 0. The van der Waals surface area contributed by atoms with Crippen molar-refractivity contribution in [3.8, 4) is 0 Å². The first-order chi connectivity index (χ1) is 9.00. The highest BCUT2D eigenvalue weighted by atomic mass is 16.4. The van der Waals surface area contributed by atoms with Crippen LogP contribution in [0.5, 0.6) is 0 Å². The first kappa shape index (κ1) is 13.4. The second kappa shape index (κ2) is 4.91. The largest absolute Gasteiger partial charge is 0.481 e. The van der Waals surface area contributed by atoms with Gasteiger partial charge in [0, 0.05) is 18.8 Å². The van der Waals surface area contributed by atoms with E-state index < -0.39 is 17.3 Å². The number of carbonyl (C=O) groups is 2. The van der Waals surface area contributed by atoms with Crippen molar-refractivity contribution >= 4 is 17.6 Å². The van der Waals surface area contributed by atoms with Crippen molar-refractivity contribution < 1.29 is 14.7 Å². The lowest BCUT2D eigenvalue weighted by Gasteiger charge is -2.25. The molecule has 0 aliphatic carbocycles. The highest BCUT2D eigenvalue weighted by molar-refractivity contribution is 5.98. The fourth-order valence-corrected chi connectivity index (χ4v) is 2.65. The summed E-state index contributed by atoms with van der Waals surface area (Å²) in [7, 11) is 0. The van der Waals surface area contributed by atoms with Gasteiger partial charge in [-0.2, -0.15) is 0 Å². The van der Waals surface area contributed by atoms with E-state index in [1.54, 1.807) is 12.1 Å². The molecule has 1 aliphatic heterocycles. The molecule has 1 saturated heterocycles. The molecule has 0 saturated carbocycles. The van der Waals surface area contributed by atoms with Gasteiger partial charge < -0.3 is 15.7 Å². The summed E-state index contributed by atoms with van der Waals surface area (Å²) in [6.07, 6.45) is 1.17. The molecule has 1 unspecified atom stereocenters. The van der Waals surface area contributed by atoms with E-state index in [2.05, 4.69) is 0 Å². The molecule has 1 atom stereocenters. The molecule has 1 amide bonds. The molecular weight excluding hydrogens is 244 g/mol. The van der Waals surface area contributed by atoms with E-state index in [-0.39, 0.29) is 0 Å². The molecule has 1 aromatic rings. The third-order valence-corrected chi connectivity index (χ3v) is 3.99. The Bertz CT molecular complexity index is 515. The van der Waals surface area contributed by atoms with Gasteiger partial charge in [-0.25, -0.2) is 0 Å². The molecule has 19 heavy (non-hydrogen) atoms. The average Bonchev–Trinajstić information content (AvgIpc) is 2.84. The van der Waals surface area contributed by atoms with E-state index in [0.29, 0.717) is 31.5 Å². The first-order valence-electron chi connectivity index (χ1n) is 6.37. The number of anilines is 1. The first-order valence-corrected chi connectivity index (χ1v) is 6.37. The van der Waals surface area contributed by atoms with Gasteiger partial charge in [0.1, 0.15) is 0 Å². The molecule has 1 heterocycles. The maximum absolute atomic E-state index is 11.4. The molecule has 1 aromatic carbocycles. The average molecular weight is 262 g/mol. The number of aliphatic carboxylic acids is 1. The van der Waals surface area contributed by atoms with E-state index in [1.165, 1.54) is 0 Å². The molecular formula is C14H18N2O3. The zero-order valence-electron chi connectivity index (χ0n) is 10.9. The molecule has 2 rings (SSSR count). The molecule has 3 N–H and O–H groups in total. The van der Waals surface area contributed by atoms with E-state index in [4.69, 9.17) is 5.73 Å². The quantitative estimate of drug-likeness (QED) is 0.860. The van der Waals surface area contributed by atoms with Crippen LogP contribution in [0.3, 0.4) is 0 Å². The van der Waals surface area contributed by atoms with E-state index in [1.807, 2.05) is 24.0 Å².